The van der Waals surface area contributed by atoms with Gasteiger partial charge in [0.15, 0.2) is 5.58 Å². The Balaban J connectivity index is 1.47. The Morgan fingerprint density at radius 3 is 2.54 bits per heavy atom. The Kier molecular flexibility index (Phi) is 4.07. The third-order valence-corrected chi connectivity index (χ3v) is 3.88. The molecule has 0 N–H and O–H groups in total. The molecule has 4 aromatic rings. The van der Waals surface area contributed by atoms with E-state index in [0.29, 0.717) is 5.89 Å². The summed E-state index contributed by atoms with van der Waals surface area (Å²) < 4.78 is 11.8. The van der Waals surface area contributed by atoms with Crippen LogP contribution in [0.5, 0.6) is 0 Å². The molecule has 0 atom stereocenters. The molecule has 0 aliphatic heterocycles. The van der Waals surface area contributed by atoms with E-state index in [1.165, 1.54) is 12.3 Å². The predicted octanol–water partition coefficient (Wildman–Crippen LogP) is 3.84. The Morgan fingerprint density at radius 2 is 1.77 bits per heavy atom. The molecule has 0 saturated heterocycles. The van der Waals surface area contributed by atoms with Gasteiger partial charge in [-0.05, 0) is 35.9 Å². The maximum atomic E-state index is 11.9. The zero-order chi connectivity index (χ0) is 17.9. The quantitative estimate of drug-likeness (QED) is 0.563. The molecule has 0 spiro atoms. The molecule has 128 valence electrons. The zero-order valence-electron chi connectivity index (χ0n) is 13.7. The van der Waals surface area contributed by atoms with Crippen LogP contribution in [0.25, 0.3) is 22.6 Å². The van der Waals surface area contributed by atoms with Crippen molar-refractivity contribution in [3.8, 4) is 11.5 Å². The predicted molar refractivity (Wildman–Crippen MR) is 95.7 cm³/mol. The minimum absolute atomic E-state index is 0.0635. The van der Waals surface area contributed by atoms with Crippen LogP contribution in [-0.2, 0) is 11.3 Å². The first-order valence-electron chi connectivity index (χ1n) is 8.00. The summed E-state index contributed by atoms with van der Waals surface area (Å²) in [6.07, 6.45) is 0.666. The lowest BCUT2D eigenvalue weighted by Crippen LogP contribution is -2.26. The van der Waals surface area contributed by atoms with Gasteiger partial charge in [0.1, 0.15) is 12.1 Å². The van der Waals surface area contributed by atoms with E-state index < -0.39 is 11.7 Å². The van der Waals surface area contributed by atoms with Crippen LogP contribution in [-0.4, -0.2) is 15.6 Å². The molecule has 2 aromatic heterocycles. The maximum absolute atomic E-state index is 11.9. The molecule has 0 unspecified atom stereocenters. The first kappa shape index (κ1) is 15.8. The number of oxazole rings is 1. The van der Waals surface area contributed by atoms with Gasteiger partial charge in [0.25, 0.3) is 5.56 Å². The number of carbonyl (C=O) groups excluding carboxylic acids is 1. The molecular weight excluding hydrogens is 332 g/mol. The van der Waals surface area contributed by atoms with Gasteiger partial charge in [-0.1, -0.05) is 30.3 Å². The van der Waals surface area contributed by atoms with Crippen LogP contribution in [0.15, 0.2) is 82.1 Å². The minimum atomic E-state index is -0.710. The number of aromatic nitrogens is 2. The third kappa shape index (κ3) is 3.12. The standard InChI is InChI=1S/C20H14N2O4/c23-18-7-3-4-12-22(18)20(24)25-13-14-8-10-15(11-9-14)19-21-16-5-1-2-6-17(16)26-19/h1-12H,13H2. The Bertz CT molecular complexity index is 1090. The second-order valence-corrected chi connectivity index (χ2v) is 5.65. The van der Waals surface area contributed by atoms with E-state index in [9.17, 15) is 9.59 Å². The van der Waals surface area contributed by atoms with Crippen molar-refractivity contribution in [2.45, 2.75) is 6.61 Å². The number of nitrogens with zero attached hydrogens (tertiary/aromatic N) is 2. The fourth-order valence-electron chi connectivity index (χ4n) is 2.53. The van der Waals surface area contributed by atoms with E-state index in [1.807, 2.05) is 48.5 Å². The molecular formula is C20H14N2O4. The Hall–Kier alpha value is -3.67. The average molecular weight is 346 g/mol. The fraction of sp³-hybridized carbons (Fsp3) is 0.0500. The summed E-state index contributed by atoms with van der Waals surface area (Å²) in [6, 6.07) is 19.4. The first-order valence-corrected chi connectivity index (χ1v) is 8.00. The molecule has 0 bridgehead atoms. The molecule has 2 aromatic carbocycles. The van der Waals surface area contributed by atoms with Gasteiger partial charge < -0.3 is 9.15 Å². The van der Waals surface area contributed by atoms with Gasteiger partial charge in [0.2, 0.25) is 5.89 Å². The largest absolute Gasteiger partial charge is 0.444 e. The monoisotopic (exact) mass is 346 g/mol. The van der Waals surface area contributed by atoms with Crippen LogP contribution in [0, 0.1) is 0 Å². The summed E-state index contributed by atoms with van der Waals surface area (Å²) >= 11 is 0. The second-order valence-electron chi connectivity index (χ2n) is 5.65. The van der Waals surface area contributed by atoms with Crippen molar-refractivity contribution in [2.24, 2.45) is 0 Å². The normalized spacial score (nSPS) is 10.8. The number of fused-ring (bicyclic) bond motifs is 1. The summed E-state index contributed by atoms with van der Waals surface area (Å²) in [5.74, 6) is 0.533. The number of para-hydroxylation sites is 2. The van der Waals surface area contributed by atoms with Crippen LogP contribution in [0.2, 0.25) is 0 Å². The molecule has 0 aliphatic rings. The smallest absolute Gasteiger partial charge is 0.421 e. The molecule has 4 rings (SSSR count). The molecule has 0 amide bonds. The van der Waals surface area contributed by atoms with Crippen LogP contribution in [0.1, 0.15) is 5.56 Å². The van der Waals surface area contributed by atoms with E-state index in [2.05, 4.69) is 4.98 Å². The molecule has 2 heterocycles. The van der Waals surface area contributed by atoms with Crippen LogP contribution in [0.4, 0.5) is 4.79 Å². The van der Waals surface area contributed by atoms with E-state index >= 15 is 0 Å². The van der Waals surface area contributed by atoms with Crippen LogP contribution >= 0.6 is 0 Å². The van der Waals surface area contributed by atoms with Gasteiger partial charge in [0, 0.05) is 17.8 Å². The number of hydrogen-bond donors (Lipinski definition) is 0. The third-order valence-electron chi connectivity index (χ3n) is 3.88. The van der Waals surface area contributed by atoms with Crippen molar-refractivity contribution in [1.29, 1.82) is 0 Å². The molecule has 26 heavy (non-hydrogen) atoms. The second kappa shape index (κ2) is 6.68. The van der Waals surface area contributed by atoms with Crippen molar-refractivity contribution in [1.82, 2.24) is 9.55 Å². The summed E-state index contributed by atoms with van der Waals surface area (Å²) in [7, 11) is 0. The Morgan fingerprint density at radius 1 is 1.00 bits per heavy atom. The van der Waals surface area contributed by atoms with Gasteiger partial charge in [-0.2, -0.15) is 0 Å². The first-order chi connectivity index (χ1) is 12.7. The lowest BCUT2D eigenvalue weighted by Gasteiger charge is -2.06. The topological polar surface area (TPSA) is 74.3 Å². The van der Waals surface area contributed by atoms with Gasteiger partial charge in [-0.25, -0.2) is 14.3 Å². The number of hydrogen-bond acceptors (Lipinski definition) is 5. The highest BCUT2D eigenvalue weighted by Gasteiger charge is 2.09. The van der Waals surface area contributed by atoms with Crippen molar-refractivity contribution < 1.29 is 13.9 Å². The molecule has 0 saturated carbocycles. The van der Waals surface area contributed by atoms with Gasteiger partial charge in [0.05, 0.1) is 0 Å². The van der Waals surface area contributed by atoms with Gasteiger partial charge >= 0.3 is 6.09 Å². The summed E-state index contributed by atoms with van der Waals surface area (Å²) in [6.45, 7) is 0.0635. The molecule has 6 heteroatoms. The van der Waals surface area contributed by atoms with E-state index in [0.717, 1.165) is 26.8 Å². The van der Waals surface area contributed by atoms with Crippen molar-refractivity contribution in [3.63, 3.8) is 0 Å². The van der Waals surface area contributed by atoms with E-state index in [1.54, 1.807) is 12.1 Å². The van der Waals surface area contributed by atoms with Gasteiger partial charge in [-0.3, -0.25) is 4.79 Å². The van der Waals surface area contributed by atoms with Crippen LogP contribution < -0.4 is 5.56 Å². The SMILES string of the molecule is O=C(OCc1ccc(-c2nc3ccccc3o2)cc1)n1ccccc1=O. The summed E-state index contributed by atoms with van der Waals surface area (Å²) in [5, 5.41) is 0. The van der Waals surface area contributed by atoms with Crippen LogP contribution in [0.3, 0.4) is 0 Å². The fourth-order valence-corrected chi connectivity index (χ4v) is 2.53. The van der Waals surface area contributed by atoms with Gasteiger partial charge in [-0.15, -0.1) is 0 Å². The maximum Gasteiger partial charge on any atom is 0.421 e. The molecule has 0 aliphatic carbocycles. The number of ether oxygens (including phenoxy) is 1. The number of rotatable bonds is 3. The Labute approximate surface area is 148 Å². The molecule has 0 fully saturated rings. The molecule has 6 nitrogen and oxygen atoms in total. The highest BCUT2D eigenvalue weighted by molar-refractivity contribution is 5.76. The van der Waals surface area contributed by atoms with Crippen molar-refractivity contribution in [3.05, 3.63) is 88.8 Å². The lowest BCUT2D eigenvalue weighted by atomic mass is 10.1. The van der Waals surface area contributed by atoms with E-state index in [4.69, 9.17) is 9.15 Å². The average Bonchev–Trinajstić information content (AvgIpc) is 3.11. The lowest BCUT2D eigenvalue weighted by molar-refractivity contribution is 0.140. The van der Waals surface area contributed by atoms with E-state index in [-0.39, 0.29) is 6.61 Å². The van der Waals surface area contributed by atoms with Crippen molar-refractivity contribution >= 4 is 17.2 Å². The number of benzene rings is 2. The number of pyridine rings is 1. The molecule has 0 radical (unpaired) electrons. The summed E-state index contributed by atoms with van der Waals surface area (Å²) in [4.78, 5) is 28.0. The van der Waals surface area contributed by atoms with Crippen molar-refractivity contribution in [2.75, 3.05) is 0 Å². The zero-order valence-corrected chi connectivity index (χ0v) is 13.7. The minimum Gasteiger partial charge on any atom is -0.444 e. The number of carbonyl (C=O) groups is 1. The highest BCUT2D eigenvalue weighted by atomic mass is 16.5. The highest BCUT2D eigenvalue weighted by Crippen LogP contribution is 2.24. The summed E-state index contributed by atoms with van der Waals surface area (Å²) in [5.41, 5.74) is 2.73.